The highest BCUT2D eigenvalue weighted by Gasteiger charge is 2.09. The Labute approximate surface area is 55.2 Å². The normalized spacial score (nSPS) is 18.8. The molecule has 1 heterocycles. The van der Waals surface area contributed by atoms with E-state index in [0.717, 1.165) is 19.5 Å². The number of hydrogen-bond acceptors (Lipinski definition) is 1. The average Bonchev–Trinajstić information content (AvgIpc) is 1.89. The SMILES string of the molecule is CCN1CCC=CC1=O. The van der Waals surface area contributed by atoms with E-state index in [9.17, 15) is 4.79 Å². The van der Waals surface area contributed by atoms with E-state index in [1.807, 2.05) is 17.9 Å². The third-order valence-corrected chi connectivity index (χ3v) is 1.52. The molecular formula is C7H11NO. The van der Waals surface area contributed by atoms with E-state index >= 15 is 0 Å². The Bertz CT molecular complexity index is 140. The van der Waals surface area contributed by atoms with Gasteiger partial charge in [-0.05, 0) is 19.4 Å². The van der Waals surface area contributed by atoms with Gasteiger partial charge in [0.05, 0.1) is 0 Å². The summed E-state index contributed by atoms with van der Waals surface area (Å²) >= 11 is 0. The van der Waals surface area contributed by atoms with Crippen LogP contribution in [0.2, 0.25) is 0 Å². The molecule has 0 bridgehead atoms. The lowest BCUT2D eigenvalue weighted by Gasteiger charge is -2.20. The monoisotopic (exact) mass is 125 g/mol. The Morgan fingerprint density at radius 3 is 3.00 bits per heavy atom. The van der Waals surface area contributed by atoms with Gasteiger partial charge >= 0.3 is 0 Å². The molecule has 0 aromatic rings. The number of likely N-dealkylation sites (N-methyl/N-ethyl adjacent to an activating group) is 1. The van der Waals surface area contributed by atoms with E-state index in [1.165, 1.54) is 0 Å². The highest BCUT2D eigenvalue weighted by atomic mass is 16.2. The van der Waals surface area contributed by atoms with Gasteiger partial charge in [0.2, 0.25) is 5.91 Å². The molecule has 1 aliphatic rings. The fourth-order valence-electron chi connectivity index (χ4n) is 0.944. The Morgan fingerprint density at radius 2 is 2.56 bits per heavy atom. The topological polar surface area (TPSA) is 20.3 Å². The van der Waals surface area contributed by atoms with E-state index in [0.29, 0.717) is 0 Å². The lowest BCUT2D eigenvalue weighted by Crippen LogP contribution is -2.32. The van der Waals surface area contributed by atoms with Crippen LogP contribution < -0.4 is 0 Å². The van der Waals surface area contributed by atoms with Gasteiger partial charge in [-0.25, -0.2) is 0 Å². The number of hydrogen-bond donors (Lipinski definition) is 0. The molecule has 0 spiro atoms. The van der Waals surface area contributed by atoms with Crippen LogP contribution in [0.3, 0.4) is 0 Å². The van der Waals surface area contributed by atoms with Crippen LogP contribution in [0.15, 0.2) is 12.2 Å². The predicted molar refractivity (Wildman–Crippen MR) is 36.0 cm³/mol. The maximum atomic E-state index is 10.9. The zero-order valence-electron chi connectivity index (χ0n) is 5.63. The van der Waals surface area contributed by atoms with Gasteiger partial charge in [0, 0.05) is 13.1 Å². The molecule has 50 valence electrons. The summed E-state index contributed by atoms with van der Waals surface area (Å²) in [7, 11) is 0. The minimum atomic E-state index is 0.156. The first-order valence-electron chi connectivity index (χ1n) is 3.30. The number of carbonyl (C=O) groups is 1. The molecule has 0 saturated heterocycles. The van der Waals surface area contributed by atoms with Crippen molar-refractivity contribution in [1.82, 2.24) is 4.90 Å². The van der Waals surface area contributed by atoms with Crippen LogP contribution >= 0.6 is 0 Å². The van der Waals surface area contributed by atoms with E-state index < -0.39 is 0 Å². The fraction of sp³-hybridized carbons (Fsp3) is 0.571. The molecule has 0 fully saturated rings. The number of carbonyl (C=O) groups excluding carboxylic acids is 1. The molecule has 0 N–H and O–H groups in total. The zero-order chi connectivity index (χ0) is 6.69. The van der Waals surface area contributed by atoms with Gasteiger partial charge < -0.3 is 4.90 Å². The smallest absolute Gasteiger partial charge is 0.246 e. The van der Waals surface area contributed by atoms with Crippen LogP contribution in [0, 0.1) is 0 Å². The van der Waals surface area contributed by atoms with Gasteiger partial charge in [0.15, 0.2) is 0 Å². The van der Waals surface area contributed by atoms with E-state index in [1.54, 1.807) is 6.08 Å². The Morgan fingerprint density at radius 1 is 1.78 bits per heavy atom. The number of amides is 1. The number of nitrogens with zero attached hydrogens (tertiary/aromatic N) is 1. The van der Waals surface area contributed by atoms with Gasteiger partial charge in [-0.1, -0.05) is 6.08 Å². The first-order valence-corrected chi connectivity index (χ1v) is 3.30. The van der Waals surface area contributed by atoms with Gasteiger partial charge in [-0.2, -0.15) is 0 Å². The zero-order valence-corrected chi connectivity index (χ0v) is 5.63. The maximum absolute atomic E-state index is 10.9. The van der Waals surface area contributed by atoms with Gasteiger partial charge in [-0.3, -0.25) is 4.79 Å². The predicted octanol–water partition coefficient (Wildman–Crippen LogP) is 0.795. The van der Waals surface area contributed by atoms with E-state index in [-0.39, 0.29) is 5.91 Å². The second kappa shape index (κ2) is 2.67. The van der Waals surface area contributed by atoms with Gasteiger partial charge in [0.1, 0.15) is 0 Å². The van der Waals surface area contributed by atoms with Crippen molar-refractivity contribution in [2.24, 2.45) is 0 Å². The first-order chi connectivity index (χ1) is 4.34. The fourth-order valence-corrected chi connectivity index (χ4v) is 0.944. The molecule has 0 aliphatic carbocycles. The summed E-state index contributed by atoms with van der Waals surface area (Å²) in [5.41, 5.74) is 0. The van der Waals surface area contributed by atoms with Crippen molar-refractivity contribution in [3.05, 3.63) is 12.2 Å². The molecule has 2 nitrogen and oxygen atoms in total. The molecule has 1 aliphatic heterocycles. The minimum absolute atomic E-state index is 0.156. The largest absolute Gasteiger partial charge is 0.339 e. The van der Waals surface area contributed by atoms with Crippen LogP contribution in [0.4, 0.5) is 0 Å². The molecule has 0 unspecified atom stereocenters. The van der Waals surface area contributed by atoms with E-state index in [4.69, 9.17) is 0 Å². The highest BCUT2D eigenvalue weighted by Crippen LogP contribution is 2.00. The Kier molecular flexibility index (Phi) is 1.88. The summed E-state index contributed by atoms with van der Waals surface area (Å²) in [5.74, 6) is 0.156. The van der Waals surface area contributed by atoms with Crippen LogP contribution in [-0.4, -0.2) is 23.9 Å². The van der Waals surface area contributed by atoms with Crippen molar-refractivity contribution >= 4 is 5.91 Å². The van der Waals surface area contributed by atoms with Crippen LogP contribution in [0.25, 0.3) is 0 Å². The highest BCUT2D eigenvalue weighted by molar-refractivity contribution is 5.88. The molecule has 1 rings (SSSR count). The number of rotatable bonds is 1. The maximum Gasteiger partial charge on any atom is 0.246 e. The second-order valence-corrected chi connectivity index (χ2v) is 2.11. The molecule has 2 heteroatoms. The average molecular weight is 125 g/mol. The van der Waals surface area contributed by atoms with Crippen molar-refractivity contribution < 1.29 is 4.79 Å². The summed E-state index contributed by atoms with van der Waals surface area (Å²) < 4.78 is 0. The first kappa shape index (κ1) is 6.33. The molecular weight excluding hydrogens is 114 g/mol. The molecule has 0 saturated carbocycles. The summed E-state index contributed by atoms with van der Waals surface area (Å²) in [6.45, 7) is 3.73. The summed E-state index contributed by atoms with van der Waals surface area (Å²) in [4.78, 5) is 12.7. The molecule has 0 radical (unpaired) electrons. The van der Waals surface area contributed by atoms with Crippen molar-refractivity contribution in [2.45, 2.75) is 13.3 Å². The Balaban J connectivity index is 2.55. The lowest BCUT2D eigenvalue weighted by molar-refractivity contribution is -0.126. The summed E-state index contributed by atoms with van der Waals surface area (Å²) in [6.07, 6.45) is 4.58. The van der Waals surface area contributed by atoms with Crippen LogP contribution in [0.1, 0.15) is 13.3 Å². The quantitative estimate of drug-likeness (QED) is 0.507. The van der Waals surface area contributed by atoms with Gasteiger partial charge in [0.25, 0.3) is 0 Å². The second-order valence-electron chi connectivity index (χ2n) is 2.11. The van der Waals surface area contributed by atoms with Crippen molar-refractivity contribution in [3.8, 4) is 0 Å². The lowest BCUT2D eigenvalue weighted by atomic mass is 10.2. The van der Waals surface area contributed by atoms with Crippen molar-refractivity contribution in [2.75, 3.05) is 13.1 Å². The Hall–Kier alpha value is -0.790. The molecule has 0 aromatic heterocycles. The molecule has 0 aromatic carbocycles. The standard InChI is InChI=1S/C7H11NO/c1-2-8-6-4-3-5-7(8)9/h3,5H,2,4,6H2,1H3. The summed E-state index contributed by atoms with van der Waals surface area (Å²) in [6, 6.07) is 0. The summed E-state index contributed by atoms with van der Waals surface area (Å²) in [5, 5.41) is 0. The van der Waals surface area contributed by atoms with Crippen molar-refractivity contribution in [1.29, 1.82) is 0 Å². The third kappa shape index (κ3) is 1.31. The molecule has 0 atom stereocenters. The van der Waals surface area contributed by atoms with Gasteiger partial charge in [-0.15, -0.1) is 0 Å². The minimum Gasteiger partial charge on any atom is -0.339 e. The molecule has 1 amide bonds. The van der Waals surface area contributed by atoms with Crippen LogP contribution in [-0.2, 0) is 4.79 Å². The van der Waals surface area contributed by atoms with Crippen molar-refractivity contribution in [3.63, 3.8) is 0 Å². The third-order valence-electron chi connectivity index (χ3n) is 1.52. The van der Waals surface area contributed by atoms with Crippen LogP contribution in [0.5, 0.6) is 0 Å². The van der Waals surface area contributed by atoms with E-state index in [2.05, 4.69) is 0 Å². The molecule has 9 heavy (non-hydrogen) atoms.